The van der Waals surface area contributed by atoms with Crippen LogP contribution in [-0.4, -0.2) is 57.2 Å². The molecule has 4 atom stereocenters. The Kier molecular flexibility index (Phi) is 2.99. The predicted octanol–water partition coefficient (Wildman–Crippen LogP) is -1.10. The van der Waals surface area contributed by atoms with Gasteiger partial charge in [0.1, 0.15) is 18.3 Å². The molecule has 3 N–H and O–H groups in total. The van der Waals surface area contributed by atoms with Crippen LogP contribution in [0.5, 0.6) is 0 Å². The molecule has 2 rings (SSSR count). The van der Waals surface area contributed by atoms with Crippen LogP contribution in [0, 0.1) is 0 Å². The van der Waals surface area contributed by atoms with Gasteiger partial charge in [-0.3, -0.25) is 0 Å². The molecule has 0 saturated carbocycles. The third-order valence-electron chi connectivity index (χ3n) is 2.42. The first-order valence-corrected chi connectivity index (χ1v) is 5.45. The molecule has 0 bridgehead atoms. The zero-order valence-electron chi connectivity index (χ0n) is 7.48. The highest BCUT2D eigenvalue weighted by Gasteiger charge is 2.44. The first-order valence-electron chi connectivity index (χ1n) is 4.40. The first-order chi connectivity index (χ1) is 6.74. The van der Waals surface area contributed by atoms with Gasteiger partial charge >= 0.3 is 0 Å². The lowest BCUT2D eigenvalue weighted by Gasteiger charge is -2.25. The van der Waals surface area contributed by atoms with E-state index in [0.29, 0.717) is 5.88 Å². The number of thioether (sulfide) groups is 1. The molecule has 1 fully saturated rings. The SMILES string of the molecule is OC[C@@H]1O[C@H](N2C=CSC2)[C@@H](O)[C@H]1O. The molecule has 14 heavy (non-hydrogen) atoms. The fourth-order valence-electron chi connectivity index (χ4n) is 1.61. The van der Waals surface area contributed by atoms with Gasteiger partial charge < -0.3 is 25.0 Å². The number of nitrogens with zero attached hydrogens (tertiary/aromatic N) is 1. The summed E-state index contributed by atoms with van der Waals surface area (Å²) in [5.41, 5.74) is 0. The maximum absolute atomic E-state index is 9.65. The van der Waals surface area contributed by atoms with Gasteiger partial charge in [-0.05, 0) is 5.41 Å². The number of ether oxygens (including phenoxy) is 1. The highest BCUT2D eigenvalue weighted by Crippen LogP contribution is 2.28. The normalized spacial score (nSPS) is 42.4. The van der Waals surface area contributed by atoms with E-state index >= 15 is 0 Å². The van der Waals surface area contributed by atoms with Crippen LogP contribution in [0.25, 0.3) is 0 Å². The minimum Gasteiger partial charge on any atom is -0.394 e. The van der Waals surface area contributed by atoms with Crippen LogP contribution in [0.2, 0.25) is 0 Å². The van der Waals surface area contributed by atoms with Crippen molar-refractivity contribution in [2.24, 2.45) is 0 Å². The van der Waals surface area contributed by atoms with Gasteiger partial charge in [-0.1, -0.05) is 0 Å². The molecule has 0 aliphatic carbocycles. The second-order valence-corrected chi connectivity index (χ2v) is 4.19. The van der Waals surface area contributed by atoms with Crippen molar-refractivity contribution >= 4 is 11.8 Å². The summed E-state index contributed by atoms with van der Waals surface area (Å²) in [6.45, 7) is -0.278. The number of aliphatic hydroxyl groups is 3. The Morgan fingerprint density at radius 2 is 2.21 bits per heavy atom. The molecule has 0 spiro atoms. The summed E-state index contributed by atoms with van der Waals surface area (Å²) < 4.78 is 5.33. The lowest BCUT2D eigenvalue weighted by molar-refractivity contribution is -0.0728. The van der Waals surface area contributed by atoms with Crippen LogP contribution in [0.1, 0.15) is 0 Å². The fourth-order valence-corrected chi connectivity index (χ4v) is 2.34. The van der Waals surface area contributed by atoms with Crippen LogP contribution < -0.4 is 0 Å². The van der Waals surface area contributed by atoms with Crippen molar-refractivity contribution < 1.29 is 20.1 Å². The number of hydrogen-bond acceptors (Lipinski definition) is 6. The molecule has 2 heterocycles. The Morgan fingerprint density at radius 1 is 1.43 bits per heavy atom. The molecule has 80 valence electrons. The van der Waals surface area contributed by atoms with Gasteiger partial charge in [0.25, 0.3) is 0 Å². The maximum Gasteiger partial charge on any atom is 0.159 e. The van der Waals surface area contributed by atoms with Crippen molar-refractivity contribution in [3.8, 4) is 0 Å². The zero-order valence-corrected chi connectivity index (χ0v) is 8.30. The molecule has 0 aromatic heterocycles. The molecule has 1 saturated heterocycles. The van der Waals surface area contributed by atoms with E-state index in [1.807, 2.05) is 11.6 Å². The van der Waals surface area contributed by atoms with E-state index in [2.05, 4.69) is 0 Å². The summed E-state index contributed by atoms with van der Waals surface area (Å²) in [4.78, 5) is 1.80. The molecule has 5 nitrogen and oxygen atoms in total. The predicted molar refractivity (Wildman–Crippen MR) is 51.2 cm³/mol. The molecule has 0 aromatic rings. The average molecular weight is 219 g/mol. The van der Waals surface area contributed by atoms with E-state index in [0.717, 1.165) is 0 Å². The van der Waals surface area contributed by atoms with E-state index in [1.54, 1.807) is 16.7 Å². The lowest BCUT2D eigenvalue weighted by atomic mass is 10.1. The third kappa shape index (κ3) is 1.64. The van der Waals surface area contributed by atoms with Gasteiger partial charge in [0.2, 0.25) is 0 Å². The second kappa shape index (κ2) is 4.08. The number of rotatable bonds is 2. The van der Waals surface area contributed by atoms with Crippen molar-refractivity contribution in [3.63, 3.8) is 0 Å². The van der Waals surface area contributed by atoms with Gasteiger partial charge in [-0.15, -0.1) is 11.8 Å². The smallest absolute Gasteiger partial charge is 0.159 e. The molecule has 2 aliphatic rings. The minimum absolute atomic E-state index is 0.278. The van der Waals surface area contributed by atoms with Crippen LogP contribution in [0.15, 0.2) is 11.6 Å². The van der Waals surface area contributed by atoms with E-state index in [4.69, 9.17) is 9.84 Å². The summed E-state index contributed by atoms with van der Waals surface area (Å²) in [5, 5.41) is 29.9. The van der Waals surface area contributed by atoms with Crippen LogP contribution in [-0.2, 0) is 4.74 Å². The van der Waals surface area contributed by atoms with Gasteiger partial charge in [-0.2, -0.15) is 0 Å². The van der Waals surface area contributed by atoms with Gasteiger partial charge in [-0.25, -0.2) is 0 Å². The Morgan fingerprint density at radius 3 is 2.71 bits per heavy atom. The highest BCUT2D eigenvalue weighted by atomic mass is 32.2. The third-order valence-corrected chi connectivity index (χ3v) is 3.18. The van der Waals surface area contributed by atoms with Crippen molar-refractivity contribution in [3.05, 3.63) is 11.6 Å². The van der Waals surface area contributed by atoms with E-state index in [9.17, 15) is 10.2 Å². The van der Waals surface area contributed by atoms with Crippen LogP contribution in [0.3, 0.4) is 0 Å². The summed E-state index contributed by atoms with van der Waals surface area (Å²) in [6, 6.07) is 0. The van der Waals surface area contributed by atoms with Crippen molar-refractivity contribution in [2.45, 2.75) is 24.5 Å². The lowest BCUT2D eigenvalue weighted by Crippen LogP contribution is -2.40. The average Bonchev–Trinajstić information content (AvgIpc) is 2.78. The summed E-state index contributed by atoms with van der Waals surface area (Å²) in [5.74, 6) is 0.701. The maximum atomic E-state index is 9.65. The summed E-state index contributed by atoms with van der Waals surface area (Å²) >= 11 is 1.59. The number of aliphatic hydroxyl groups excluding tert-OH is 3. The van der Waals surface area contributed by atoms with Gasteiger partial charge in [0.15, 0.2) is 6.23 Å². The largest absolute Gasteiger partial charge is 0.394 e. The van der Waals surface area contributed by atoms with Gasteiger partial charge in [0, 0.05) is 6.20 Å². The monoisotopic (exact) mass is 219 g/mol. The van der Waals surface area contributed by atoms with E-state index < -0.39 is 24.5 Å². The Bertz CT molecular complexity index is 237. The Hall–Kier alpha value is -0.270. The van der Waals surface area contributed by atoms with Crippen molar-refractivity contribution in [1.82, 2.24) is 4.90 Å². The van der Waals surface area contributed by atoms with Gasteiger partial charge in [0.05, 0.1) is 12.5 Å². The Labute approximate surface area is 86.0 Å². The van der Waals surface area contributed by atoms with Crippen LogP contribution >= 0.6 is 11.8 Å². The standard InChI is InChI=1S/C8H13NO4S/c10-3-5-6(11)7(12)8(13-5)9-1-2-14-4-9/h1-2,5-8,10-12H,3-4H2/t5-,6-,7-,8-/m0/s1. The molecule has 2 aliphatic heterocycles. The zero-order chi connectivity index (χ0) is 10.1. The van der Waals surface area contributed by atoms with E-state index in [-0.39, 0.29) is 6.61 Å². The molecule has 0 unspecified atom stereocenters. The van der Waals surface area contributed by atoms with Crippen molar-refractivity contribution in [1.29, 1.82) is 0 Å². The Balaban J connectivity index is 2.03. The molecule has 0 amide bonds. The fraction of sp³-hybridized carbons (Fsp3) is 0.750. The summed E-state index contributed by atoms with van der Waals surface area (Å²) in [7, 11) is 0. The first kappa shape index (κ1) is 10.3. The van der Waals surface area contributed by atoms with E-state index in [1.165, 1.54) is 0 Å². The quantitative estimate of drug-likeness (QED) is 0.548. The highest BCUT2D eigenvalue weighted by molar-refractivity contribution is 8.02. The molecule has 0 aromatic carbocycles. The topological polar surface area (TPSA) is 73.2 Å². The van der Waals surface area contributed by atoms with Crippen LogP contribution in [0.4, 0.5) is 0 Å². The number of hydrogen-bond donors (Lipinski definition) is 3. The molecule has 6 heteroatoms. The minimum atomic E-state index is -1.01. The molecule has 0 radical (unpaired) electrons. The molecular formula is C8H13NO4S. The molecular weight excluding hydrogens is 206 g/mol. The van der Waals surface area contributed by atoms with Crippen molar-refractivity contribution in [2.75, 3.05) is 12.5 Å². The summed E-state index contributed by atoms with van der Waals surface area (Å²) in [6.07, 6.45) is -1.40. The second-order valence-electron chi connectivity index (χ2n) is 3.32.